The van der Waals surface area contributed by atoms with E-state index in [1.807, 2.05) is 6.92 Å². The predicted molar refractivity (Wildman–Crippen MR) is 50.8 cm³/mol. The van der Waals surface area contributed by atoms with Gasteiger partial charge in [0, 0.05) is 6.61 Å². The third kappa shape index (κ3) is 1.57. The second-order valence-corrected chi connectivity index (χ2v) is 3.81. The van der Waals surface area contributed by atoms with E-state index >= 15 is 0 Å². The van der Waals surface area contributed by atoms with Gasteiger partial charge in [-0.1, -0.05) is 6.42 Å². The molecule has 0 amide bonds. The highest BCUT2D eigenvalue weighted by Gasteiger charge is 2.45. The number of hydrogen-bond donors (Lipinski definition) is 0. The molecule has 0 bridgehead atoms. The van der Waals surface area contributed by atoms with Crippen LogP contribution in [0.5, 0.6) is 0 Å². The van der Waals surface area contributed by atoms with E-state index in [0.717, 1.165) is 12.8 Å². The van der Waals surface area contributed by atoms with Crippen molar-refractivity contribution in [3.05, 3.63) is 0 Å². The fourth-order valence-electron chi connectivity index (χ4n) is 2.25. The van der Waals surface area contributed by atoms with Crippen molar-refractivity contribution in [1.82, 2.24) is 0 Å². The molecule has 1 saturated carbocycles. The second kappa shape index (κ2) is 3.66. The van der Waals surface area contributed by atoms with Gasteiger partial charge in [-0.3, -0.25) is 0 Å². The molecule has 0 N–H and O–H groups in total. The third-order valence-corrected chi connectivity index (χ3v) is 2.96. The number of hydrogen-bond acceptors (Lipinski definition) is 3. The number of ether oxygens (including phenoxy) is 2. The molecule has 0 saturated heterocycles. The third-order valence-electron chi connectivity index (χ3n) is 2.96. The number of nitrogens with zero attached hydrogens (tertiary/aromatic N) is 1. The Kier molecular flexibility index (Phi) is 2.54. The van der Waals surface area contributed by atoms with Crippen LogP contribution in [0.4, 0.5) is 0 Å². The Bertz CT molecular complexity index is 197. The fraction of sp³-hybridized carbons (Fsp3) is 0.900. The van der Waals surface area contributed by atoms with Gasteiger partial charge in [0.25, 0.3) is 0 Å². The van der Waals surface area contributed by atoms with Crippen LogP contribution in [-0.4, -0.2) is 24.8 Å². The Morgan fingerprint density at radius 1 is 1.46 bits per heavy atom. The van der Waals surface area contributed by atoms with E-state index in [2.05, 4.69) is 4.99 Å². The van der Waals surface area contributed by atoms with Crippen LogP contribution in [0.1, 0.15) is 39.0 Å². The summed E-state index contributed by atoms with van der Waals surface area (Å²) >= 11 is 0. The van der Waals surface area contributed by atoms with Crippen molar-refractivity contribution in [3.63, 3.8) is 0 Å². The Morgan fingerprint density at radius 2 is 2.23 bits per heavy atom. The lowest BCUT2D eigenvalue weighted by atomic mass is 9.83. The zero-order valence-electron chi connectivity index (χ0n) is 8.16. The molecule has 1 spiro atoms. The van der Waals surface area contributed by atoms with Crippen molar-refractivity contribution in [2.45, 2.75) is 50.9 Å². The minimum Gasteiger partial charge on any atom is -0.472 e. The van der Waals surface area contributed by atoms with E-state index in [1.165, 1.54) is 19.3 Å². The fourth-order valence-corrected chi connectivity index (χ4v) is 2.25. The van der Waals surface area contributed by atoms with Crippen molar-refractivity contribution in [3.8, 4) is 0 Å². The zero-order valence-corrected chi connectivity index (χ0v) is 8.16. The zero-order chi connectivity index (χ0) is 9.15. The summed E-state index contributed by atoms with van der Waals surface area (Å²) in [4.78, 5) is 4.23. The molecule has 1 fully saturated rings. The van der Waals surface area contributed by atoms with Crippen LogP contribution in [0.15, 0.2) is 4.99 Å². The first-order valence-electron chi connectivity index (χ1n) is 5.18. The monoisotopic (exact) mass is 183 g/mol. The maximum absolute atomic E-state index is 5.63. The van der Waals surface area contributed by atoms with Crippen LogP contribution >= 0.6 is 0 Å². The lowest BCUT2D eigenvalue weighted by Gasteiger charge is -2.35. The first-order chi connectivity index (χ1) is 6.37. The van der Waals surface area contributed by atoms with Crippen LogP contribution < -0.4 is 0 Å². The van der Waals surface area contributed by atoms with Gasteiger partial charge in [0.05, 0.1) is 0 Å². The Morgan fingerprint density at radius 3 is 2.92 bits per heavy atom. The van der Waals surface area contributed by atoms with Crippen LogP contribution in [0.25, 0.3) is 0 Å². The molecule has 1 aliphatic heterocycles. The standard InChI is InChI=1S/C10H17NO2/c1-2-12-9-10(13-8-11-9)6-4-3-5-7-10/h8-9H,2-7H2,1H3. The van der Waals surface area contributed by atoms with Gasteiger partial charge in [-0.05, 0) is 32.6 Å². The first kappa shape index (κ1) is 9.00. The van der Waals surface area contributed by atoms with E-state index < -0.39 is 0 Å². The SMILES string of the molecule is CCOC1N=COC12CCCCC2. The van der Waals surface area contributed by atoms with E-state index in [-0.39, 0.29) is 11.8 Å². The summed E-state index contributed by atoms with van der Waals surface area (Å²) in [7, 11) is 0. The molecule has 3 nitrogen and oxygen atoms in total. The van der Waals surface area contributed by atoms with Crippen molar-refractivity contribution in [1.29, 1.82) is 0 Å². The quantitative estimate of drug-likeness (QED) is 0.656. The van der Waals surface area contributed by atoms with Gasteiger partial charge >= 0.3 is 0 Å². The van der Waals surface area contributed by atoms with Gasteiger partial charge in [0.15, 0.2) is 18.2 Å². The molecule has 0 aromatic heterocycles. The molecule has 3 heteroatoms. The van der Waals surface area contributed by atoms with Gasteiger partial charge in [-0.25, -0.2) is 4.99 Å². The Balaban J connectivity index is 2.03. The van der Waals surface area contributed by atoms with Crippen molar-refractivity contribution in [2.24, 2.45) is 4.99 Å². The molecule has 0 aromatic carbocycles. The minimum absolute atomic E-state index is 0.0437. The summed E-state index contributed by atoms with van der Waals surface area (Å²) in [5.41, 5.74) is -0.103. The maximum Gasteiger partial charge on any atom is 0.190 e. The molecule has 1 atom stereocenters. The summed E-state index contributed by atoms with van der Waals surface area (Å²) in [6.07, 6.45) is 7.53. The molecule has 2 aliphatic rings. The Hall–Kier alpha value is -0.570. The van der Waals surface area contributed by atoms with Crippen molar-refractivity contribution in [2.75, 3.05) is 6.61 Å². The largest absolute Gasteiger partial charge is 0.472 e. The normalized spacial score (nSPS) is 30.7. The number of aliphatic imine (C=N–C) groups is 1. The van der Waals surface area contributed by atoms with Gasteiger partial charge in [0.1, 0.15) is 0 Å². The highest BCUT2D eigenvalue weighted by atomic mass is 16.6. The van der Waals surface area contributed by atoms with E-state index in [9.17, 15) is 0 Å². The van der Waals surface area contributed by atoms with Gasteiger partial charge < -0.3 is 9.47 Å². The summed E-state index contributed by atoms with van der Waals surface area (Å²) in [5, 5.41) is 0. The van der Waals surface area contributed by atoms with E-state index in [0.29, 0.717) is 6.61 Å². The molecule has 0 radical (unpaired) electrons. The second-order valence-electron chi connectivity index (χ2n) is 3.81. The summed E-state index contributed by atoms with van der Waals surface area (Å²) in [6, 6.07) is 0. The van der Waals surface area contributed by atoms with Crippen LogP contribution in [0.2, 0.25) is 0 Å². The van der Waals surface area contributed by atoms with Gasteiger partial charge in [-0.2, -0.15) is 0 Å². The van der Waals surface area contributed by atoms with E-state index in [4.69, 9.17) is 9.47 Å². The topological polar surface area (TPSA) is 30.8 Å². The van der Waals surface area contributed by atoms with Gasteiger partial charge in [0.2, 0.25) is 0 Å². The average molecular weight is 183 g/mol. The Labute approximate surface area is 79.1 Å². The predicted octanol–water partition coefficient (Wildman–Crippen LogP) is 2.11. The lowest BCUT2D eigenvalue weighted by molar-refractivity contribution is -0.0870. The highest BCUT2D eigenvalue weighted by Crippen LogP contribution is 2.38. The molecular formula is C10H17NO2. The molecule has 74 valence electrons. The lowest BCUT2D eigenvalue weighted by Crippen LogP contribution is -2.43. The smallest absolute Gasteiger partial charge is 0.190 e. The molecule has 1 aliphatic carbocycles. The molecule has 1 heterocycles. The van der Waals surface area contributed by atoms with Crippen LogP contribution in [0.3, 0.4) is 0 Å². The van der Waals surface area contributed by atoms with Crippen molar-refractivity contribution >= 4 is 6.40 Å². The van der Waals surface area contributed by atoms with E-state index in [1.54, 1.807) is 6.40 Å². The molecule has 0 aromatic rings. The average Bonchev–Trinajstić information content (AvgIpc) is 2.52. The van der Waals surface area contributed by atoms with Crippen LogP contribution in [-0.2, 0) is 9.47 Å². The maximum atomic E-state index is 5.63. The van der Waals surface area contributed by atoms with Gasteiger partial charge in [-0.15, -0.1) is 0 Å². The summed E-state index contributed by atoms with van der Waals surface area (Å²) in [5.74, 6) is 0. The summed E-state index contributed by atoms with van der Waals surface area (Å²) < 4.78 is 11.2. The summed E-state index contributed by atoms with van der Waals surface area (Å²) in [6.45, 7) is 2.72. The molecule has 2 rings (SSSR count). The number of rotatable bonds is 2. The molecule has 13 heavy (non-hydrogen) atoms. The molecular weight excluding hydrogens is 166 g/mol. The first-order valence-corrected chi connectivity index (χ1v) is 5.18. The minimum atomic E-state index is -0.103. The highest BCUT2D eigenvalue weighted by molar-refractivity contribution is 5.51. The van der Waals surface area contributed by atoms with Crippen LogP contribution in [0, 0.1) is 0 Å². The van der Waals surface area contributed by atoms with Crippen molar-refractivity contribution < 1.29 is 9.47 Å². The molecule has 1 unspecified atom stereocenters.